The van der Waals surface area contributed by atoms with Crippen LogP contribution < -0.4 is 0 Å². The maximum Gasteiger partial charge on any atom is 0.416 e. The fourth-order valence-electron chi connectivity index (χ4n) is 3.02. The molecular weight excluding hydrogens is 307 g/mol. The first-order chi connectivity index (χ1) is 10.8. The molecule has 0 saturated heterocycles. The molecule has 3 nitrogen and oxygen atoms in total. The molecule has 0 radical (unpaired) electrons. The van der Waals surface area contributed by atoms with E-state index in [1.54, 1.807) is 18.2 Å². The Labute approximate surface area is 130 Å². The number of aliphatic hydroxyl groups excluding tert-OH is 1. The van der Waals surface area contributed by atoms with Crippen molar-refractivity contribution in [2.45, 2.75) is 30.5 Å². The summed E-state index contributed by atoms with van der Waals surface area (Å²) in [5, 5.41) is 10.7. The number of rotatable bonds is 3. The average Bonchev–Trinajstić information content (AvgIpc) is 2.51. The molecule has 1 saturated carbocycles. The minimum Gasteiger partial charge on any atom is -0.386 e. The number of alkyl halides is 3. The molecule has 1 atom stereocenters. The third-order valence-electron chi connectivity index (χ3n) is 4.30. The molecule has 120 valence electrons. The summed E-state index contributed by atoms with van der Waals surface area (Å²) in [6, 6.07) is 9.68. The fraction of sp³-hybridized carbons (Fsp3) is 0.294. The second-order valence-corrected chi connectivity index (χ2v) is 5.78. The molecule has 1 aliphatic carbocycles. The number of aromatic nitrogens is 1. The van der Waals surface area contributed by atoms with Crippen molar-refractivity contribution in [1.29, 1.82) is 0 Å². The van der Waals surface area contributed by atoms with E-state index in [0.29, 0.717) is 11.3 Å². The van der Waals surface area contributed by atoms with E-state index in [-0.39, 0.29) is 18.6 Å². The van der Waals surface area contributed by atoms with Crippen LogP contribution in [0.15, 0.2) is 48.7 Å². The highest BCUT2D eigenvalue weighted by atomic mass is 19.4. The van der Waals surface area contributed by atoms with Gasteiger partial charge < -0.3 is 5.11 Å². The van der Waals surface area contributed by atoms with Crippen LogP contribution in [-0.2, 0) is 16.4 Å². The Bertz CT molecular complexity index is 703. The van der Waals surface area contributed by atoms with Crippen molar-refractivity contribution in [3.63, 3.8) is 0 Å². The lowest BCUT2D eigenvalue weighted by Crippen LogP contribution is -2.46. The number of nitrogens with zero attached hydrogens (tertiary/aromatic N) is 1. The largest absolute Gasteiger partial charge is 0.416 e. The zero-order valence-electron chi connectivity index (χ0n) is 12.0. The highest BCUT2D eigenvalue weighted by Gasteiger charge is 2.51. The summed E-state index contributed by atoms with van der Waals surface area (Å²) in [6.45, 7) is 0. The number of hydrogen-bond acceptors (Lipinski definition) is 3. The lowest BCUT2D eigenvalue weighted by atomic mass is 9.59. The van der Waals surface area contributed by atoms with Gasteiger partial charge in [-0.2, -0.15) is 13.2 Å². The van der Waals surface area contributed by atoms with Crippen LogP contribution in [0.5, 0.6) is 0 Å². The Morgan fingerprint density at radius 1 is 1.09 bits per heavy atom. The Balaban J connectivity index is 1.97. The van der Waals surface area contributed by atoms with Crippen molar-refractivity contribution in [1.82, 2.24) is 4.98 Å². The number of halogens is 3. The van der Waals surface area contributed by atoms with Crippen molar-refractivity contribution >= 4 is 5.78 Å². The molecule has 0 unspecified atom stereocenters. The Morgan fingerprint density at radius 3 is 2.22 bits per heavy atom. The van der Waals surface area contributed by atoms with E-state index < -0.39 is 23.3 Å². The van der Waals surface area contributed by atoms with Gasteiger partial charge in [-0.25, -0.2) is 0 Å². The third kappa shape index (κ3) is 2.74. The van der Waals surface area contributed by atoms with Gasteiger partial charge in [0.2, 0.25) is 0 Å². The smallest absolute Gasteiger partial charge is 0.386 e. The first-order valence-corrected chi connectivity index (χ1v) is 7.11. The van der Waals surface area contributed by atoms with E-state index in [2.05, 4.69) is 4.98 Å². The second-order valence-electron chi connectivity index (χ2n) is 5.78. The molecule has 6 heteroatoms. The van der Waals surface area contributed by atoms with Crippen molar-refractivity contribution < 1.29 is 23.1 Å². The Morgan fingerprint density at radius 2 is 1.74 bits per heavy atom. The highest BCUT2D eigenvalue weighted by molar-refractivity contribution is 5.89. The van der Waals surface area contributed by atoms with Crippen LogP contribution in [0.25, 0.3) is 0 Å². The van der Waals surface area contributed by atoms with E-state index >= 15 is 0 Å². The number of aliphatic hydroxyl groups is 1. The van der Waals surface area contributed by atoms with Crippen molar-refractivity contribution in [3.05, 3.63) is 65.5 Å². The van der Waals surface area contributed by atoms with Gasteiger partial charge in [0, 0.05) is 24.5 Å². The predicted octanol–water partition coefficient (Wildman–Crippen LogP) is 3.43. The van der Waals surface area contributed by atoms with Gasteiger partial charge in [0.1, 0.15) is 11.9 Å². The Hall–Kier alpha value is -2.21. The summed E-state index contributed by atoms with van der Waals surface area (Å²) in [5.41, 5.74) is -0.743. The first kappa shape index (κ1) is 15.7. The van der Waals surface area contributed by atoms with Crippen molar-refractivity contribution in [2.75, 3.05) is 0 Å². The molecule has 0 amide bonds. The zero-order valence-corrected chi connectivity index (χ0v) is 12.0. The number of pyridine rings is 1. The van der Waals surface area contributed by atoms with Crippen molar-refractivity contribution in [3.8, 4) is 0 Å². The molecule has 1 aromatic heterocycles. The number of hydrogen-bond donors (Lipinski definition) is 1. The predicted molar refractivity (Wildman–Crippen MR) is 76.6 cm³/mol. The molecule has 23 heavy (non-hydrogen) atoms. The monoisotopic (exact) mass is 321 g/mol. The van der Waals surface area contributed by atoms with Gasteiger partial charge in [0.05, 0.1) is 11.3 Å². The molecular formula is C17H14F3NO2. The average molecular weight is 321 g/mol. The van der Waals surface area contributed by atoms with Gasteiger partial charge in [-0.3, -0.25) is 9.78 Å². The molecule has 3 rings (SSSR count). The maximum atomic E-state index is 12.7. The van der Waals surface area contributed by atoms with Gasteiger partial charge in [-0.05, 0) is 29.8 Å². The number of carbonyl (C=O) groups excluding carboxylic acids is 1. The van der Waals surface area contributed by atoms with Crippen LogP contribution in [0.3, 0.4) is 0 Å². The second kappa shape index (κ2) is 5.45. The summed E-state index contributed by atoms with van der Waals surface area (Å²) < 4.78 is 38.1. The van der Waals surface area contributed by atoms with Crippen LogP contribution in [0.2, 0.25) is 0 Å². The van der Waals surface area contributed by atoms with Crippen LogP contribution in [0.4, 0.5) is 13.2 Å². The minimum absolute atomic E-state index is 0.0279. The maximum absolute atomic E-state index is 12.7. The topological polar surface area (TPSA) is 50.2 Å². The summed E-state index contributed by atoms with van der Waals surface area (Å²) in [6.07, 6.45) is -3.75. The molecule has 0 bridgehead atoms. The van der Waals surface area contributed by atoms with Crippen molar-refractivity contribution in [2.24, 2.45) is 0 Å². The number of carbonyl (C=O) groups is 1. The highest BCUT2D eigenvalue weighted by Crippen LogP contribution is 2.50. The summed E-state index contributed by atoms with van der Waals surface area (Å²) in [5.74, 6) is -0.0279. The van der Waals surface area contributed by atoms with Gasteiger partial charge in [-0.15, -0.1) is 0 Å². The molecule has 0 spiro atoms. The van der Waals surface area contributed by atoms with Gasteiger partial charge in [0.25, 0.3) is 0 Å². The molecule has 1 fully saturated rings. The van der Waals surface area contributed by atoms with Gasteiger partial charge in [-0.1, -0.05) is 18.2 Å². The summed E-state index contributed by atoms with van der Waals surface area (Å²) >= 11 is 0. The van der Waals surface area contributed by atoms with E-state index in [1.807, 2.05) is 0 Å². The van der Waals surface area contributed by atoms with E-state index in [9.17, 15) is 23.1 Å². The lowest BCUT2D eigenvalue weighted by molar-refractivity contribution is -0.138. The van der Waals surface area contributed by atoms with Crippen LogP contribution in [0, 0.1) is 0 Å². The SMILES string of the molecule is O=C1CC(c2ccc(C(F)(F)F)cc2)([C@H](O)c2ccccn2)C1. The van der Waals surface area contributed by atoms with Crippen LogP contribution in [-0.4, -0.2) is 15.9 Å². The standard InChI is InChI=1S/C17H14F3NO2/c18-17(19,20)12-6-4-11(5-7-12)16(9-13(22)10-16)15(23)14-3-1-2-8-21-14/h1-8,15,23H,9-10H2/t15-/m1/s1. The first-order valence-electron chi connectivity index (χ1n) is 7.11. The lowest BCUT2D eigenvalue weighted by Gasteiger charge is -2.44. The summed E-state index contributed by atoms with van der Waals surface area (Å²) in [7, 11) is 0. The third-order valence-corrected chi connectivity index (χ3v) is 4.30. The molecule has 1 aromatic carbocycles. The molecule has 1 heterocycles. The van der Waals surface area contributed by atoms with Gasteiger partial charge in [0.15, 0.2) is 0 Å². The molecule has 2 aromatic rings. The quantitative estimate of drug-likeness (QED) is 0.942. The van der Waals surface area contributed by atoms with E-state index in [1.165, 1.54) is 18.3 Å². The van der Waals surface area contributed by atoms with Crippen LogP contribution in [0.1, 0.15) is 35.8 Å². The van der Waals surface area contributed by atoms with Gasteiger partial charge >= 0.3 is 6.18 Å². The molecule has 1 aliphatic rings. The Kier molecular flexibility index (Phi) is 3.72. The number of benzene rings is 1. The normalized spacial score (nSPS) is 18.3. The molecule has 1 N–H and O–H groups in total. The van der Waals surface area contributed by atoms with E-state index in [0.717, 1.165) is 12.1 Å². The minimum atomic E-state index is -4.42. The zero-order chi connectivity index (χ0) is 16.7. The number of ketones is 1. The van der Waals surface area contributed by atoms with E-state index in [4.69, 9.17) is 0 Å². The molecule has 0 aliphatic heterocycles. The fourth-order valence-corrected chi connectivity index (χ4v) is 3.02. The summed E-state index contributed by atoms with van der Waals surface area (Å²) in [4.78, 5) is 15.6. The number of Topliss-reactive ketones (excluding diaryl/α,β-unsaturated/α-hetero) is 1. The van der Waals surface area contributed by atoms with Crippen LogP contribution >= 0.6 is 0 Å².